The number of β-amino-alcohol motifs (C(OH)–C–C–N with tert-alkyl or cyclic N) is 1. The van der Waals surface area contributed by atoms with E-state index in [1.807, 2.05) is 26.1 Å². The maximum Gasteiger partial charge on any atom is 0.234 e. The summed E-state index contributed by atoms with van der Waals surface area (Å²) in [4.78, 5) is 16.6. The van der Waals surface area contributed by atoms with Crippen LogP contribution in [0.2, 0.25) is 0 Å². The number of likely N-dealkylation sites (tertiary alicyclic amines) is 1. The van der Waals surface area contributed by atoms with Gasteiger partial charge in [-0.25, -0.2) is 0 Å². The van der Waals surface area contributed by atoms with E-state index in [-0.39, 0.29) is 12.0 Å². The number of amides is 1. The summed E-state index contributed by atoms with van der Waals surface area (Å²) in [5, 5.41) is 12.5. The van der Waals surface area contributed by atoms with Gasteiger partial charge in [0.2, 0.25) is 5.91 Å². The van der Waals surface area contributed by atoms with Crippen molar-refractivity contribution in [3.8, 4) is 0 Å². The normalized spacial score (nSPS) is 17.6. The number of piperidine rings is 1. The minimum Gasteiger partial charge on any atom is -0.392 e. The summed E-state index contributed by atoms with van der Waals surface area (Å²) in [6.45, 7) is 8.76. The molecule has 0 bridgehead atoms. The van der Waals surface area contributed by atoms with Crippen LogP contribution in [0.25, 0.3) is 0 Å². The van der Waals surface area contributed by atoms with Gasteiger partial charge in [0.25, 0.3) is 0 Å². The van der Waals surface area contributed by atoms with E-state index in [2.05, 4.69) is 34.2 Å². The van der Waals surface area contributed by atoms with Crippen LogP contribution in [0.15, 0.2) is 24.3 Å². The molecule has 5 heteroatoms. The van der Waals surface area contributed by atoms with Crippen molar-refractivity contribution in [2.45, 2.75) is 39.3 Å². The van der Waals surface area contributed by atoms with E-state index in [9.17, 15) is 9.90 Å². The zero-order chi connectivity index (χ0) is 18.2. The molecule has 1 amide bonds. The van der Waals surface area contributed by atoms with E-state index < -0.39 is 0 Å². The van der Waals surface area contributed by atoms with Crippen molar-refractivity contribution < 1.29 is 9.90 Å². The Labute approximate surface area is 152 Å². The van der Waals surface area contributed by atoms with Gasteiger partial charge < -0.3 is 15.3 Å². The SMILES string of the molecule is Cc1ccccc1CNC(=O)CN(C)CC1CCN(C[C@H](C)O)CC1. The van der Waals surface area contributed by atoms with Gasteiger partial charge in [0.1, 0.15) is 0 Å². The standard InChI is InChI=1S/C20H33N3O2/c1-16-6-4-5-7-19(16)12-21-20(25)15-22(3)14-18-8-10-23(11-9-18)13-17(2)24/h4-7,17-18,24H,8-15H2,1-3H3,(H,21,25)/t17-/m0/s1. The van der Waals surface area contributed by atoms with Gasteiger partial charge >= 0.3 is 0 Å². The van der Waals surface area contributed by atoms with E-state index in [4.69, 9.17) is 0 Å². The molecule has 0 aliphatic carbocycles. The molecule has 1 aliphatic heterocycles. The third-order valence-electron chi connectivity index (χ3n) is 4.95. The van der Waals surface area contributed by atoms with E-state index in [0.29, 0.717) is 19.0 Å². The smallest absolute Gasteiger partial charge is 0.234 e. The first-order chi connectivity index (χ1) is 11.9. The Kier molecular flexibility index (Phi) is 7.88. The number of carbonyl (C=O) groups is 1. The lowest BCUT2D eigenvalue weighted by molar-refractivity contribution is -0.122. The molecule has 2 rings (SSSR count). The molecule has 0 radical (unpaired) electrons. The Morgan fingerprint density at radius 2 is 2.04 bits per heavy atom. The number of aliphatic hydroxyl groups is 1. The molecule has 0 aromatic heterocycles. The maximum absolute atomic E-state index is 12.2. The average Bonchev–Trinajstić information content (AvgIpc) is 2.55. The highest BCUT2D eigenvalue weighted by atomic mass is 16.3. The molecule has 1 aromatic rings. The van der Waals surface area contributed by atoms with Crippen molar-refractivity contribution in [3.63, 3.8) is 0 Å². The van der Waals surface area contributed by atoms with Crippen LogP contribution in [-0.4, -0.2) is 66.7 Å². The Morgan fingerprint density at radius 3 is 2.68 bits per heavy atom. The van der Waals surface area contributed by atoms with Crippen LogP contribution >= 0.6 is 0 Å². The predicted molar refractivity (Wildman–Crippen MR) is 101 cm³/mol. The van der Waals surface area contributed by atoms with E-state index in [1.54, 1.807) is 0 Å². The zero-order valence-corrected chi connectivity index (χ0v) is 15.9. The fourth-order valence-corrected chi connectivity index (χ4v) is 3.53. The Hall–Kier alpha value is -1.43. The number of hydrogen-bond donors (Lipinski definition) is 2. The van der Waals surface area contributed by atoms with Crippen LogP contribution < -0.4 is 5.32 Å². The van der Waals surface area contributed by atoms with Gasteiger partial charge in [0.05, 0.1) is 12.6 Å². The Bertz CT molecular complexity index is 539. The zero-order valence-electron chi connectivity index (χ0n) is 15.9. The Balaban J connectivity index is 1.65. The molecule has 1 aromatic carbocycles. The van der Waals surface area contributed by atoms with Crippen molar-refractivity contribution in [2.75, 3.05) is 39.8 Å². The minimum absolute atomic E-state index is 0.0808. The van der Waals surface area contributed by atoms with Crippen LogP contribution in [0, 0.1) is 12.8 Å². The van der Waals surface area contributed by atoms with Crippen LogP contribution in [-0.2, 0) is 11.3 Å². The molecule has 1 heterocycles. The molecule has 0 unspecified atom stereocenters. The molecule has 25 heavy (non-hydrogen) atoms. The lowest BCUT2D eigenvalue weighted by atomic mass is 9.96. The number of aryl methyl sites for hydroxylation is 1. The highest BCUT2D eigenvalue weighted by molar-refractivity contribution is 5.78. The van der Waals surface area contributed by atoms with Gasteiger partial charge in [0, 0.05) is 19.6 Å². The number of rotatable bonds is 8. The number of hydrogen-bond acceptors (Lipinski definition) is 4. The van der Waals surface area contributed by atoms with Crippen LogP contribution in [0.3, 0.4) is 0 Å². The van der Waals surface area contributed by atoms with E-state index >= 15 is 0 Å². The van der Waals surface area contributed by atoms with Gasteiger partial charge in [-0.05, 0) is 63.9 Å². The number of carbonyl (C=O) groups excluding carboxylic acids is 1. The molecule has 5 nitrogen and oxygen atoms in total. The third kappa shape index (κ3) is 7.14. The predicted octanol–water partition coefficient (Wildman–Crippen LogP) is 1.64. The number of likely N-dealkylation sites (N-methyl/N-ethyl adjacent to an activating group) is 1. The monoisotopic (exact) mass is 347 g/mol. The molecule has 1 atom stereocenters. The molecule has 0 spiro atoms. The van der Waals surface area contributed by atoms with Gasteiger partial charge in [-0.15, -0.1) is 0 Å². The first-order valence-electron chi connectivity index (χ1n) is 9.34. The summed E-state index contributed by atoms with van der Waals surface area (Å²) in [5.41, 5.74) is 2.38. The van der Waals surface area contributed by atoms with Crippen LogP contribution in [0.1, 0.15) is 30.9 Å². The number of nitrogens with one attached hydrogen (secondary N) is 1. The fraction of sp³-hybridized carbons (Fsp3) is 0.650. The average molecular weight is 348 g/mol. The lowest BCUT2D eigenvalue weighted by Gasteiger charge is -2.34. The topological polar surface area (TPSA) is 55.8 Å². The molecule has 2 N–H and O–H groups in total. The molecule has 1 fully saturated rings. The second-order valence-corrected chi connectivity index (χ2v) is 7.49. The Morgan fingerprint density at radius 1 is 1.36 bits per heavy atom. The number of nitrogens with zero attached hydrogens (tertiary/aromatic N) is 2. The van der Waals surface area contributed by atoms with Gasteiger partial charge in [-0.3, -0.25) is 9.69 Å². The van der Waals surface area contributed by atoms with Crippen LogP contribution in [0.5, 0.6) is 0 Å². The highest BCUT2D eigenvalue weighted by Crippen LogP contribution is 2.18. The molecule has 0 saturated carbocycles. The summed E-state index contributed by atoms with van der Waals surface area (Å²) in [5.74, 6) is 0.719. The minimum atomic E-state index is -0.254. The summed E-state index contributed by atoms with van der Waals surface area (Å²) >= 11 is 0. The molecular weight excluding hydrogens is 314 g/mol. The molecule has 1 saturated heterocycles. The van der Waals surface area contributed by atoms with Crippen molar-refractivity contribution in [1.29, 1.82) is 0 Å². The maximum atomic E-state index is 12.2. The van der Waals surface area contributed by atoms with Gasteiger partial charge in [-0.1, -0.05) is 24.3 Å². The van der Waals surface area contributed by atoms with E-state index in [0.717, 1.165) is 39.0 Å². The number of benzene rings is 1. The van der Waals surface area contributed by atoms with E-state index in [1.165, 1.54) is 11.1 Å². The van der Waals surface area contributed by atoms with Gasteiger partial charge in [-0.2, -0.15) is 0 Å². The van der Waals surface area contributed by atoms with Crippen molar-refractivity contribution in [3.05, 3.63) is 35.4 Å². The van der Waals surface area contributed by atoms with Crippen molar-refractivity contribution >= 4 is 5.91 Å². The summed E-state index contributed by atoms with van der Waals surface area (Å²) in [6.07, 6.45) is 2.03. The van der Waals surface area contributed by atoms with Crippen molar-refractivity contribution in [1.82, 2.24) is 15.1 Å². The summed E-state index contributed by atoms with van der Waals surface area (Å²) in [6, 6.07) is 8.14. The third-order valence-corrected chi connectivity index (χ3v) is 4.95. The van der Waals surface area contributed by atoms with Gasteiger partial charge in [0.15, 0.2) is 0 Å². The van der Waals surface area contributed by atoms with Crippen LogP contribution in [0.4, 0.5) is 0 Å². The quantitative estimate of drug-likeness (QED) is 0.751. The summed E-state index contributed by atoms with van der Waals surface area (Å²) < 4.78 is 0. The second-order valence-electron chi connectivity index (χ2n) is 7.49. The molecular formula is C20H33N3O2. The van der Waals surface area contributed by atoms with Crippen molar-refractivity contribution in [2.24, 2.45) is 5.92 Å². The first-order valence-corrected chi connectivity index (χ1v) is 9.34. The number of aliphatic hydroxyl groups excluding tert-OH is 1. The lowest BCUT2D eigenvalue weighted by Crippen LogP contribution is -2.42. The first kappa shape index (κ1) is 19.9. The second kappa shape index (κ2) is 9.90. The highest BCUT2D eigenvalue weighted by Gasteiger charge is 2.21. The fourth-order valence-electron chi connectivity index (χ4n) is 3.53. The largest absolute Gasteiger partial charge is 0.392 e. The summed E-state index contributed by atoms with van der Waals surface area (Å²) in [7, 11) is 2.02. The molecule has 1 aliphatic rings. The molecule has 140 valence electrons.